The van der Waals surface area contributed by atoms with Gasteiger partial charge in [0.25, 0.3) is 11.8 Å². The van der Waals surface area contributed by atoms with Crippen LogP contribution in [-0.2, 0) is 102 Å². The standard InChI is InChI=1S/C70H98Cl2N14O17/c1-67(2,3)100-52(88)26-19-31-86-33-28-50-48(38-86)77-59(84(50)14)64(96)79-42-23-16-21-40(57(42)72)39-20-15-22-41(56(39)71)78-63(95)58-76-47-37-85(32-27-49(47)83(58)13)30-18-25-51(87)75-44(34-53(89)101-68(4,5)6)61(93)80-43(24-17-29-74-66(73)99)60(92)81-45(35-54(90)102-69(7,8)9)62(94)82-46(65(97)98)36-55(91)103-70(10,11)12/h15-16,20-23,43-46H,17-19,24-38H2,1-14H3,(H,75,87)(H,78,95)(H,79,96)(H,80,93)(H,81,92)(H,82,94)(H,97,98)(H3,73,74,99)/t43-,44-,45-,46-/m0/s1. The van der Waals surface area contributed by atoms with Crippen molar-refractivity contribution in [2.45, 2.75) is 213 Å². The Labute approximate surface area is 608 Å². The van der Waals surface area contributed by atoms with E-state index in [1.807, 2.05) is 25.7 Å². The Hall–Kier alpha value is -9.20. The topological polar surface area (TPSA) is 414 Å². The maximum atomic E-state index is 14.3. The molecule has 2 aliphatic rings. The molecule has 0 radical (unpaired) electrons. The van der Waals surface area contributed by atoms with Crippen molar-refractivity contribution in [3.63, 3.8) is 0 Å². The van der Waals surface area contributed by atoms with Gasteiger partial charge in [0, 0.05) is 95.0 Å². The first-order chi connectivity index (χ1) is 47.9. The van der Waals surface area contributed by atoms with E-state index in [0.717, 1.165) is 23.6 Å². The van der Waals surface area contributed by atoms with Gasteiger partial charge in [-0.25, -0.2) is 19.6 Å². The number of halogens is 2. The van der Waals surface area contributed by atoms with E-state index in [1.165, 1.54) is 0 Å². The molecule has 0 fully saturated rings. The second kappa shape index (κ2) is 35.8. The number of aromatic nitrogens is 4. The zero-order valence-corrected chi connectivity index (χ0v) is 62.5. The molecule has 0 unspecified atom stereocenters. The number of nitrogens with one attached hydrogen (secondary N) is 7. The largest absolute Gasteiger partial charge is 0.480 e. The molecule has 2 aromatic carbocycles. The van der Waals surface area contributed by atoms with Crippen LogP contribution in [0.4, 0.5) is 16.2 Å². The lowest BCUT2D eigenvalue weighted by molar-refractivity contribution is -0.159. The number of rotatable bonds is 31. The van der Waals surface area contributed by atoms with Crippen molar-refractivity contribution in [2.75, 3.05) is 43.4 Å². The number of ether oxygens (including phenoxy) is 4. The summed E-state index contributed by atoms with van der Waals surface area (Å²) in [5, 5.41) is 28.1. The average molecular weight is 1480 g/mol. The number of imidazole rings is 2. The highest BCUT2D eigenvalue weighted by Gasteiger charge is 2.37. The number of nitrogens with zero attached hydrogens (tertiary/aromatic N) is 6. The third-order valence-electron chi connectivity index (χ3n) is 15.9. The number of urea groups is 1. The number of carbonyl (C=O) groups is 12. The van der Waals surface area contributed by atoms with Gasteiger partial charge in [0.05, 0.1) is 52.1 Å². The number of hydrogen-bond acceptors (Lipinski definition) is 20. The quantitative estimate of drug-likeness (QED) is 0.0160. The van der Waals surface area contributed by atoms with Gasteiger partial charge in [0.1, 0.15) is 46.6 Å². The fourth-order valence-corrected chi connectivity index (χ4v) is 12.0. The molecular weight excluding hydrogens is 1380 g/mol. The molecule has 0 saturated carbocycles. The number of carboxylic acid groups (broad SMARTS) is 1. The maximum Gasteiger partial charge on any atom is 0.326 e. The molecule has 4 aromatic rings. The number of nitrogens with two attached hydrogens (primary N) is 1. The van der Waals surface area contributed by atoms with E-state index in [1.54, 1.807) is 122 Å². The van der Waals surface area contributed by atoms with E-state index < -0.39 is 131 Å². The van der Waals surface area contributed by atoms with Gasteiger partial charge in [-0.2, -0.15) is 0 Å². The van der Waals surface area contributed by atoms with E-state index in [9.17, 15) is 62.6 Å². The third-order valence-corrected chi connectivity index (χ3v) is 16.7. The zero-order valence-electron chi connectivity index (χ0n) is 61.0. The van der Waals surface area contributed by atoms with Crippen molar-refractivity contribution in [3.05, 3.63) is 80.9 Å². The maximum absolute atomic E-state index is 14.3. The molecular formula is C70H98Cl2N14O17. The minimum Gasteiger partial charge on any atom is -0.480 e. The molecule has 8 amide bonds. The summed E-state index contributed by atoms with van der Waals surface area (Å²) in [6.07, 6.45) is -0.580. The highest BCUT2D eigenvalue weighted by Crippen LogP contribution is 2.41. The molecule has 4 heterocycles. The smallest absolute Gasteiger partial charge is 0.326 e. The summed E-state index contributed by atoms with van der Waals surface area (Å²) in [6, 6.07) is 2.23. The van der Waals surface area contributed by atoms with E-state index >= 15 is 0 Å². The Bertz CT molecular complexity index is 3820. The number of aliphatic carboxylic acids is 1. The first kappa shape index (κ1) is 82.8. The SMILES string of the molecule is Cn1c(C(=O)Nc2cccc(-c3cccc(NC(=O)c4nc5c(n4C)CCN(CCCC(=O)OC(C)(C)C)C5)c3Cl)c2Cl)nc2c1CCN(CCCC(=O)N[C@@H](CC(=O)OC(C)(C)C)C(=O)N[C@@H](CCCNC(N)=O)C(=O)N[C@@H](CC(=O)OC(C)(C)C)C(=O)N[C@@H](CC(=O)OC(C)(C)C)C(=O)O)C2. The third kappa shape index (κ3) is 25.9. The molecule has 2 aromatic heterocycles. The molecule has 31 nitrogen and oxygen atoms in total. The summed E-state index contributed by atoms with van der Waals surface area (Å²) in [5.74, 6) is -9.55. The van der Waals surface area contributed by atoms with Crippen LogP contribution in [0.25, 0.3) is 11.1 Å². The number of benzene rings is 2. The van der Waals surface area contributed by atoms with Gasteiger partial charge in [-0.3, -0.25) is 57.7 Å². The molecule has 0 spiro atoms. The van der Waals surface area contributed by atoms with Crippen LogP contribution in [0.1, 0.15) is 185 Å². The molecule has 2 aliphatic heterocycles. The number of hydrogen-bond donors (Lipinski definition) is 9. The predicted octanol–water partition coefficient (Wildman–Crippen LogP) is 5.92. The fraction of sp³-hybridized carbons (Fsp3) is 0.571. The molecule has 0 bridgehead atoms. The van der Waals surface area contributed by atoms with Gasteiger partial charge >= 0.3 is 35.9 Å². The van der Waals surface area contributed by atoms with Crippen LogP contribution < -0.4 is 43.0 Å². The van der Waals surface area contributed by atoms with Gasteiger partial charge in [-0.15, -0.1) is 0 Å². The first-order valence-corrected chi connectivity index (χ1v) is 34.8. The number of esters is 4. The minimum absolute atomic E-state index is 0.0299. The Morgan fingerprint density at radius 2 is 0.903 bits per heavy atom. The fourth-order valence-electron chi connectivity index (χ4n) is 11.4. The number of fused-ring (bicyclic) bond motifs is 2. The number of carbonyl (C=O) groups excluding carboxylic acids is 11. The molecule has 6 rings (SSSR count). The normalized spacial score (nSPS) is 14.6. The highest BCUT2D eigenvalue weighted by molar-refractivity contribution is 6.40. The lowest BCUT2D eigenvalue weighted by atomic mass is 10.0. The summed E-state index contributed by atoms with van der Waals surface area (Å²) >= 11 is 14.1. The molecule has 564 valence electrons. The van der Waals surface area contributed by atoms with Gasteiger partial charge < -0.3 is 76.1 Å². The van der Waals surface area contributed by atoms with Crippen molar-refractivity contribution >= 4 is 106 Å². The second-order valence-corrected chi connectivity index (χ2v) is 30.1. The van der Waals surface area contributed by atoms with Gasteiger partial charge in [0.15, 0.2) is 11.6 Å². The monoisotopic (exact) mass is 1480 g/mol. The van der Waals surface area contributed by atoms with E-state index in [2.05, 4.69) is 42.1 Å². The van der Waals surface area contributed by atoms with Crippen LogP contribution in [0.15, 0.2) is 36.4 Å². The summed E-state index contributed by atoms with van der Waals surface area (Å²) in [4.78, 5) is 173. The van der Waals surface area contributed by atoms with Crippen molar-refractivity contribution in [1.29, 1.82) is 0 Å². The average Bonchev–Trinajstić information content (AvgIpc) is 1.66. The molecule has 33 heteroatoms. The lowest BCUT2D eigenvalue weighted by Crippen LogP contribution is -2.58. The molecule has 0 saturated heterocycles. The van der Waals surface area contributed by atoms with Crippen LogP contribution in [0.3, 0.4) is 0 Å². The van der Waals surface area contributed by atoms with Crippen LogP contribution >= 0.6 is 23.2 Å². The number of primary amides is 1. The second-order valence-electron chi connectivity index (χ2n) is 29.3. The summed E-state index contributed by atoms with van der Waals surface area (Å²) < 4.78 is 25.1. The number of anilines is 2. The minimum atomic E-state index is -1.89. The Balaban J connectivity index is 1.09. The summed E-state index contributed by atoms with van der Waals surface area (Å²) in [6.45, 7) is 22.5. The Morgan fingerprint density at radius 1 is 0.524 bits per heavy atom. The first-order valence-electron chi connectivity index (χ1n) is 34.0. The zero-order chi connectivity index (χ0) is 76.6. The van der Waals surface area contributed by atoms with Gasteiger partial charge in [-0.05, 0) is 134 Å². The predicted molar refractivity (Wildman–Crippen MR) is 380 cm³/mol. The van der Waals surface area contributed by atoms with Crippen LogP contribution in [0, 0.1) is 0 Å². The van der Waals surface area contributed by atoms with Crippen LogP contribution in [0.2, 0.25) is 10.0 Å². The van der Waals surface area contributed by atoms with Crippen molar-refractivity contribution < 1.29 is 81.6 Å². The van der Waals surface area contributed by atoms with E-state index in [0.29, 0.717) is 80.9 Å². The van der Waals surface area contributed by atoms with Crippen LogP contribution in [0.5, 0.6) is 0 Å². The van der Waals surface area contributed by atoms with Crippen LogP contribution in [-0.4, -0.2) is 185 Å². The van der Waals surface area contributed by atoms with Crippen molar-refractivity contribution in [2.24, 2.45) is 19.8 Å². The van der Waals surface area contributed by atoms with Gasteiger partial charge in [-0.1, -0.05) is 47.5 Å². The Kier molecular flexibility index (Phi) is 28.8. The Morgan fingerprint density at radius 3 is 1.32 bits per heavy atom. The van der Waals surface area contributed by atoms with Gasteiger partial charge in [0.2, 0.25) is 23.6 Å². The lowest BCUT2D eigenvalue weighted by Gasteiger charge is -2.27. The summed E-state index contributed by atoms with van der Waals surface area (Å²) in [5.41, 5.74) is 6.21. The number of carboxylic acids is 1. The van der Waals surface area contributed by atoms with E-state index in [-0.39, 0.29) is 65.6 Å². The van der Waals surface area contributed by atoms with Crippen molar-refractivity contribution in [1.82, 2.24) is 55.5 Å². The molecule has 4 atom stereocenters. The van der Waals surface area contributed by atoms with Crippen molar-refractivity contribution in [3.8, 4) is 11.1 Å². The molecule has 10 N–H and O–H groups in total. The summed E-state index contributed by atoms with van der Waals surface area (Å²) in [7, 11) is 3.52. The van der Waals surface area contributed by atoms with E-state index in [4.69, 9.17) is 57.9 Å². The number of amides is 8. The molecule has 0 aliphatic carbocycles. The molecule has 103 heavy (non-hydrogen) atoms. The highest BCUT2D eigenvalue weighted by atomic mass is 35.5.